The molecule has 0 atom stereocenters. The second-order valence-electron chi connectivity index (χ2n) is 6.29. The SMILES string of the molecule is COc1cc2nn(C3CCC4(CC3)OCCO4)cc2cc1[N+](=O)[O-]. The number of fused-ring (bicyclic) bond motifs is 1. The summed E-state index contributed by atoms with van der Waals surface area (Å²) in [5.41, 5.74) is 0.658. The van der Waals surface area contributed by atoms with Gasteiger partial charge in [0.05, 0.1) is 36.8 Å². The highest BCUT2D eigenvalue weighted by Gasteiger charge is 2.40. The van der Waals surface area contributed by atoms with Crippen molar-refractivity contribution in [2.24, 2.45) is 0 Å². The van der Waals surface area contributed by atoms with E-state index in [-0.39, 0.29) is 17.5 Å². The molecule has 0 radical (unpaired) electrons. The lowest BCUT2D eigenvalue weighted by Crippen LogP contribution is -2.35. The highest BCUT2D eigenvalue weighted by atomic mass is 16.7. The standard InChI is InChI=1S/C16H19N3O5/c1-22-15-9-13-11(8-14(15)19(20)21)10-18(17-13)12-2-4-16(5-3-12)23-6-7-24-16/h8-10,12H,2-7H2,1H3. The van der Waals surface area contributed by atoms with Crippen LogP contribution in [-0.2, 0) is 9.47 Å². The van der Waals surface area contributed by atoms with Crippen LogP contribution in [0.15, 0.2) is 18.3 Å². The Bertz CT molecular complexity index is 771. The van der Waals surface area contributed by atoms with E-state index in [1.807, 2.05) is 10.9 Å². The number of rotatable bonds is 3. The van der Waals surface area contributed by atoms with Crippen molar-refractivity contribution in [3.63, 3.8) is 0 Å². The summed E-state index contributed by atoms with van der Waals surface area (Å²) in [6, 6.07) is 3.39. The maximum Gasteiger partial charge on any atom is 0.311 e. The molecule has 2 aromatic rings. The van der Waals surface area contributed by atoms with Crippen LogP contribution >= 0.6 is 0 Å². The van der Waals surface area contributed by atoms with Crippen LogP contribution in [0.5, 0.6) is 5.75 Å². The molecule has 128 valence electrons. The fraction of sp³-hybridized carbons (Fsp3) is 0.562. The first-order chi connectivity index (χ1) is 11.6. The molecule has 0 N–H and O–H groups in total. The van der Waals surface area contributed by atoms with Gasteiger partial charge < -0.3 is 14.2 Å². The summed E-state index contributed by atoms with van der Waals surface area (Å²) >= 11 is 0. The number of nitro groups is 1. The summed E-state index contributed by atoms with van der Waals surface area (Å²) in [6.45, 7) is 1.33. The van der Waals surface area contributed by atoms with E-state index >= 15 is 0 Å². The normalized spacial score (nSPS) is 20.7. The number of hydrogen-bond acceptors (Lipinski definition) is 6. The van der Waals surface area contributed by atoms with E-state index in [9.17, 15) is 10.1 Å². The van der Waals surface area contributed by atoms with Gasteiger partial charge in [0.25, 0.3) is 0 Å². The fourth-order valence-corrected chi connectivity index (χ4v) is 3.65. The third-order valence-corrected chi connectivity index (χ3v) is 4.92. The fourth-order valence-electron chi connectivity index (χ4n) is 3.65. The summed E-state index contributed by atoms with van der Waals surface area (Å²) in [5, 5.41) is 16.5. The molecule has 4 rings (SSSR count). The molecular weight excluding hydrogens is 314 g/mol. The molecule has 0 amide bonds. The zero-order valence-electron chi connectivity index (χ0n) is 13.4. The molecule has 1 spiro atoms. The van der Waals surface area contributed by atoms with Gasteiger partial charge in [-0.15, -0.1) is 0 Å². The minimum Gasteiger partial charge on any atom is -0.490 e. The van der Waals surface area contributed by atoms with E-state index < -0.39 is 10.7 Å². The second-order valence-corrected chi connectivity index (χ2v) is 6.29. The predicted molar refractivity (Wildman–Crippen MR) is 85.1 cm³/mol. The molecule has 24 heavy (non-hydrogen) atoms. The van der Waals surface area contributed by atoms with Crippen molar-refractivity contribution in [1.29, 1.82) is 0 Å². The number of nitrogens with zero attached hydrogens (tertiary/aromatic N) is 3. The lowest BCUT2D eigenvalue weighted by molar-refractivity contribution is -0.385. The lowest BCUT2D eigenvalue weighted by atomic mass is 9.90. The van der Waals surface area contributed by atoms with Gasteiger partial charge in [-0.1, -0.05) is 0 Å². The third kappa shape index (κ3) is 2.51. The quantitative estimate of drug-likeness (QED) is 0.634. The van der Waals surface area contributed by atoms with Gasteiger partial charge in [0.15, 0.2) is 11.5 Å². The number of aromatic nitrogens is 2. The number of benzene rings is 1. The van der Waals surface area contributed by atoms with Crippen LogP contribution in [0.2, 0.25) is 0 Å². The predicted octanol–water partition coefficient (Wildman–Crippen LogP) is 2.81. The maximum absolute atomic E-state index is 11.1. The first-order valence-electron chi connectivity index (χ1n) is 8.09. The highest BCUT2D eigenvalue weighted by molar-refractivity contribution is 5.83. The van der Waals surface area contributed by atoms with Crippen molar-refractivity contribution in [2.45, 2.75) is 37.5 Å². The molecule has 2 fully saturated rings. The molecule has 1 aliphatic carbocycles. The topological polar surface area (TPSA) is 88.7 Å². The van der Waals surface area contributed by atoms with Crippen molar-refractivity contribution in [3.05, 3.63) is 28.4 Å². The number of nitro benzene ring substituents is 1. The molecule has 1 aromatic heterocycles. The van der Waals surface area contributed by atoms with Gasteiger partial charge in [-0.2, -0.15) is 5.10 Å². The summed E-state index contributed by atoms with van der Waals surface area (Å²) in [6.07, 6.45) is 5.38. The van der Waals surface area contributed by atoms with Gasteiger partial charge in [0.2, 0.25) is 0 Å². The molecule has 1 aliphatic heterocycles. The van der Waals surface area contributed by atoms with E-state index in [2.05, 4.69) is 5.10 Å². The Morgan fingerprint density at radius 1 is 1.33 bits per heavy atom. The van der Waals surface area contributed by atoms with Crippen molar-refractivity contribution in [2.75, 3.05) is 20.3 Å². The number of hydrogen-bond donors (Lipinski definition) is 0. The van der Waals surface area contributed by atoms with Crippen molar-refractivity contribution in [3.8, 4) is 5.75 Å². The maximum atomic E-state index is 11.1. The van der Waals surface area contributed by atoms with Crippen LogP contribution in [0.4, 0.5) is 5.69 Å². The van der Waals surface area contributed by atoms with Gasteiger partial charge in [-0.05, 0) is 12.8 Å². The molecule has 1 saturated heterocycles. The highest BCUT2D eigenvalue weighted by Crippen LogP contribution is 2.40. The Balaban J connectivity index is 1.60. The zero-order valence-corrected chi connectivity index (χ0v) is 13.4. The van der Waals surface area contributed by atoms with Gasteiger partial charge in [-0.3, -0.25) is 14.8 Å². The van der Waals surface area contributed by atoms with Gasteiger partial charge >= 0.3 is 5.69 Å². The van der Waals surface area contributed by atoms with E-state index in [1.165, 1.54) is 13.2 Å². The van der Waals surface area contributed by atoms with Crippen molar-refractivity contribution < 1.29 is 19.1 Å². The van der Waals surface area contributed by atoms with Gasteiger partial charge in [-0.25, -0.2) is 0 Å². The molecule has 2 aliphatic rings. The van der Waals surface area contributed by atoms with Crippen LogP contribution < -0.4 is 4.74 Å². The molecule has 0 unspecified atom stereocenters. The lowest BCUT2D eigenvalue weighted by Gasteiger charge is -2.35. The second kappa shape index (κ2) is 5.71. The largest absolute Gasteiger partial charge is 0.490 e. The molecule has 8 heteroatoms. The Hall–Kier alpha value is -2.19. The summed E-state index contributed by atoms with van der Waals surface area (Å²) in [4.78, 5) is 10.7. The smallest absolute Gasteiger partial charge is 0.311 e. The zero-order chi connectivity index (χ0) is 16.7. The van der Waals surface area contributed by atoms with Crippen LogP contribution in [0.1, 0.15) is 31.7 Å². The van der Waals surface area contributed by atoms with E-state index in [0.29, 0.717) is 18.7 Å². The van der Waals surface area contributed by atoms with Crippen molar-refractivity contribution in [1.82, 2.24) is 9.78 Å². The van der Waals surface area contributed by atoms with E-state index in [1.54, 1.807) is 6.07 Å². The van der Waals surface area contributed by atoms with Gasteiger partial charge in [0.1, 0.15) is 0 Å². The minimum atomic E-state index is -0.436. The summed E-state index contributed by atoms with van der Waals surface area (Å²) in [5.74, 6) is -0.168. The molecule has 1 saturated carbocycles. The molecule has 8 nitrogen and oxygen atoms in total. The Morgan fingerprint density at radius 2 is 2.04 bits per heavy atom. The first kappa shape index (κ1) is 15.3. The first-order valence-corrected chi connectivity index (χ1v) is 8.09. The number of methoxy groups -OCH3 is 1. The summed E-state index contributed by atoms with van der Waals surface area (Å²) < 4.78 is 18.5. The van der Waals surface area contributed by atoms with Crippen LogP contribution in [0.25, 0.3) is 10.9 Å². The number of ether oxygens (including phenoxy) is 3. The Kier molecular flexibility index (Phi) is 3.65. The van der Waals surface area contributed by atoms with Crippen LogP contribution in [0.3, 0.4) is 0 Å². The Labute approximate surface area is 138 Å². The molecular formula is C16H19N3O5. The van der Waals surface area contributed by atoms with E-state index in [4.69, 9.17) is 14.2 Å². The third-order valence-electron chi connectivity index (χ3n) is 4.92. The average Bonchev–Trinajstić information content (AvgIpc) is 3.21. The molecule has 0 bridgehead atoms. The molecule has 1 aromatic carbocycles. The van der Waals surface area contributed by atoms with Crippen molar-refractivity contribution >= 4 is 16.6 Å². The molecule has 2 heterocycles. The monoisotopic (exact) mass is 333 g/mol. The Morgan fingerprint density at radius 3 is 2.67 bits per heavy atom. The summed E-state index contributed by atoms with van der Waals surface area (Å²) in [7, 11) is 1.42. The minimum absolute atomic E-state index is 0.0418. The van der Waals surface area contributed by atoms with Crippen LogP contribution in [0, 0.1) is 10.1 Å². The van der Waals surface area contributed by atoms with Gasteiger partial charge in [0, 0.05) is 36.6 Å². The van der Waals surface area contributed by atoms with Crippen LogP contribution in [-0.4, -0.2) is 40.8 Å². The van der Waals surface area contributed by atoms with E-state index in [0.717, 1.165) is 31.1 Å². The average molecular weight is 333 g/mol.